The number of hydrogen-bond donors (Lipinski definition) is 2. The fraction of sp³-hybridized carbons (Fsp3) is 0.571. The molecular formula is C14H20N4. The minimum absolute atomic E-state index is 0.154. The number of nitriles is 1. The minimum Gasteiger partial charge on any atom is -0.365 e. The summed E-state index contributed by atoms with van der Waals surface area (Å²) in [4.78, 5) is 4.41. The van der Waals surface area contributed by atoms with Gasteiger partial charge in [-0.2, -0.15) is 5.26 Å². The second-order valence-corrected chi connectivity index (χ2v) is 5.01. The first-order chi connectivity index (χ1) is 8.70. The molecule has 0 bridgehead atoms. The zero-order chi connectivity index (χ0) is 13.0. The predicted octanol–water partition coefficient (Wildman–Crippen LogP) is 2.33. The molecule has 1 aromatic heterocycles. The molecule has 1 fully saturated rings. The summed E-state index contributed by atoms with van der Waals surface area (Å²) >= 11 is 0. The molecule has 0 aromatic carbocycles. The molecule has 1 aliphatic carbocycles. The van der Waals surface area contributed by atoms with Crippen molar-refractivity contribution >= 4 is 5.82 Å². The second-order valence-electron chi connectivity index (χ2n) is 5.01. The Morgan fingerprint density at radius 1 is 1.33 bits per heavy atom. The molecule has 18 heavy (non-hydrogen) atoms. The van der Waals surface area contributed by atoms with E-state index >= 15 is 0 Å². The lowest BCUT2D eigenvalue weighted by atomic mass is 10.0. The van der Waals surface area contributed by atoms with Crippen LogP contribution in [0.5, 0.6) is 0 Å². The summed E-state index contributed by atoms with van der Waals surface area (Å²) in [6.45, 7) is 1.93. The summed E-state index contributed by atoms with van der Waals surface area (Å²) in [6.07, 6.45) is 5.75. The van der Waals surface area contributed by atoms with Crippen molar-refractivity contribution in [2.45, 2.75) is 51.1 Å². The first kappa shape index (κ1) is 12.8. The van der Waals surface area contributed by atoms with Crippen molar-refractivity contribution in [2.75, 3.05) is 5.32 Å². The Morgan fingerprint density at radius 3 is 2.89 bits per heavy atom. The van der Waals surface area contributed by atoms with E-state index in [-0.39, 0.29) is 12.1 Å². The normalized spacial score (nSPS) is 24.1. The summed E-state index contributed by atoms with van der Waals surface area (Å²) in [7, 11) is 0. The number of anilines is 1. The van der Waals surface area contributed by atoms with E-state index in [1.54, 1.807) is 0 Å². The van der Waals surface area contributed by atoms with Crippen LogP contribution in [0, 0.1) is 18.3 Å². The number of nitrogens with zero attached hydrogens (tertiary/aromatic N) is 2. The molecule has 1 saturated carbocycles. The van der Waals surface area contributed by atoms with Crippen molar-refractivity contribution in [3.05, 3.63) is 23.4 Å². The molecule has 0 saturated heterocycles. The molecule has 0 radical (unpaired) electrons. The predicted molar refractivity (Wildman–Crippen MR) is 72.2 cm³/mol. The molecule has 2 atom stereocenters. The van der Waals surface area contributed by atoms with Gasteiger partial charge in [0.2, 0.25) is 0 Å². The molecule has 0 amide bonds. The van der Waals surface area contributed by atoms with Gasteiger partial charge in [0.25, 0.3) is 0 Å². The van der Waals surface area contributed by atoms with Crippen molar-refractivity contribution in [1.82, 2.24) is 4.98 Å². The summed E-state index contributed by atoms with van der Waals surface area (Å²) in [5.41, 5.74) is 7.69. The van der Waals surface area contributed by atoms with Crippen LogP contribution >= 0.6 is 0 Å². The van der Waals surface area contributed by atoms with E-state index in [2.05, 4.69) is 16.4 Å². The smallest absolute Gasteiger partial charge is 0.144 e. The molecule has 1 aliphatic rings. The highest BCUT2D eigenvalue weighted by Gasteiger charge is 2.21. The maximum absolute atomic E-state index is 9.10. The van der Waals surface area contributed by atoms with Gasteiger partial charge in [-0.25, -0.2) is 4.98 Å². The number of aryl methyl sites for hydroxylation is 1. The van der Waals surface area contributed by atoms with Crippen LogP contribution in [0.1, 0.15) is 43.4 Å². The van der Waals surface area contributed by atoms with Crippen molar-refractivity contribution in [1.29, 1.82) is 5.26 Å². The Morgan fingerprint density at radius 2 is 2.11 bits per heavy atom. The largest absolute Gasteiger partial charge is 0.365 e. The van der Waals surface area contributed by atoms with E-state index < -0.39 is 0 Å². The lowest BCUT2D eigenvalue weighted by Gasteiger charge is -2.23. The van der Waals surface area contributed by atoms with Gasteiger partial charge in [-0.1, -0.05) is 19.3 Å². The standard InChI is InChI=1S/C14H20N4/c1-10-7-8-11(9-15)14(17-10)18-13-6-4-2-3-5-12(13)16/h7-8,12-13H,2-6,16H2,1H3,(H,17,18). The first-order valence-corrected chi connectivity index (χ1v) is 6.60. The molecule has 4 nitrogen and oxygen atoms in total. The Bertz CT molecular complexity index is 450. The quantitative estimate of drug-likeness (QED) is 0.783. The van der Waals surface area contributed by atoms with Gasteiger partial charge in [0.1, 0.15) is 11.9 Å². The third kappa shape index (κ3) is 2.99. The van der Waals surface area contributed by atoms with Crippen LogP contribution in [-0.2, 0) is 0 Å². The second kappa shape index (κ2) is 5.83. The lowest BCUT2D eigenvalue weighted by Crippen LogP contribution is -2.39. The number of hydrogen-bond acceptors (Lipinski definition) is 4. The summed E-state index contributed by atoms with van der Waals surface area (Å²) < 4.78 is 0. The van der Waals surface area contributed by atoms with Gasteiger partial charge in [-0.3, -0.25) is 0 Å². The fourth-order valence-electron chi connectivity index (χ4n) is 2.45. The van der Waals surface area contributed by atoms with E-state index in [0.717, 1.165) is 18.5 Å². The van der Waals surface area contributed by atoms with E-state index in [0.29, 0.717) is 11.4 Å². The molecular weight excluding hydrogens is 224 g/mol. The molecule has 1 heterocycles. The minimum atomic E-state index is 0.154. The highest BCUT2D eigenvalue weighted by atomic mass is 15.0. The third-order valence-electron chi connectivity index (χ3n) is 3.55. The number of aromatic nitrogens is 1. The van der Waals surface area contributed by atoms with Crippen LogP contribution in [0.15, 0.2) is 12.1 Å². The topological polar surface area (TPSA) is 74.7 Å². The fourth-order valence-corrected chi connectivity index (χ4v) is 2.45. The van der Waals surface area contributed by atoms with Crippen LogP contribution in [0.4, 0.5) is 5.82 Å². The van der Waals surface area contributed by atoms with Crippen molar-refractivity contribution in [3.63, 3.8) is 0 Å². The average molecular weight is 244 g/mol. The summed E-state index contributed by atoms with van der Waals surface area (Å²) in [6, 6.07) is 6.23. The number of rotatable bonds is 2. The van der Waals surface area contributed by atoms with Gasteiger partial charge in [0.15, 0.2) is 0 Å². The Hall–Kier alpha value is -1.60. The zero-order valence-corrected chi connectivity index (χ0v) is 10.8. The highest BCUT2D eigenvalue weighted by Crippen LogP contribution is 2.21. The molecule has 3 N–H and O–H groups in total. The van der Waals surface area contributed by atoms with Crippen LogP contribution in [0.2, 0.25) is 0 Å². The van der Waals surface area contributed by atoms with Crippen molar-refractivity contribution in [3.8, 4) is 6.07 Å². The van der Waals surface area contributed by atoms with Crippen LogP contribution < -0.4 is 11.1 Å². The number of nitrogens with two attached hydrogens (primary N) is 1. The van der Waals surface area contributed by atoms with Crippen LogP contribution in [0.3, 0.4) is 0 Å². The molecule has 2 unspecified atom stereocenters. The highest BCUT2D eigenvalue weighted by molar-refractivity contribution is 5.52. The molecule has 1 aromatic rings. The molecule has 0 aliphatic heterocycles. The van der Waals surface area contributed by atoms with Gasteiger partial charge >= 0.3 is 0 Å². The summed E-state index contributed by atoms with van der Waals surface area (Å²) in [5.74, 6) is 0.680. The lowest BCUT2D eigenvalue weighted by molar-refractivity contribution is 0.527. The maximum Gasteiger partial charge on any atom is 0.144 e. The summed E-state index contributed by atoms with van der Waals surface area (Å²) in [5, 5.41) is 12.5. The molecule has 96 valence electrons. The maximum atomic E-state index is 9.10. The van der Waals surface area contributed by atoms with E-state index in [1.807, 2.05) is 19.1 Å². The van der Waals surface area contributed by atoms with Crippen molar-refractivity contribution < 1.29 is 0 Å². The van der Waals surface area contributed by atoms with Gasteiger partial charge in [0.05, 0.1) is 5.56 Å². The Kier molecular flexibility index (Phi) is 4.16. The number of nitrogens with one attached hydrogen (secondary N) is 1. The van der Waals surface area contributed by atoms with Crippen molar-refractivity contribution in [2.24, 2.45) is 5.73 Å². The third-order valence-corrected chi connectivity index (χ3v) is 3.55. The van der Waals surface area contributed by atoms with E-state index in [4.69, 9.17) is 11.0 Å². The Balaban J connectivity index is 2.17. The van der Waals surface area contributed by atoms with Gasteiger partial charge in [-0.05, 0) is 31.9 Å². The van der Waals surface area contributed by atoms with E-state index in [9.17, 15) is 0 Å². The van der Waals surface area contributed by atoms with Gasteiger partial charge in [0, 0.05) is 17.8 Å². The zero-order valence-electron chi connectivity index (χ0n) is 10.8. The molecule has 2 rings (SSSR count). The van der Waals surface area contributed by atoms with Gasteiger partial charge in [-0.15, -0.1) is 0 Å². The van der Waals surface area contributed by atoms with Gasteiger partial charge < -0.3 is 11.1 Å². The van der Waals surface area contributed by atoms with E-state index in [1.165, 1.54) is 19.3 Å². The molecule has 0 spiro atoms. The first-order valence-electron chi connectivity index (χ1n) is 6.60. The average Bonchev–Trinajstić information content (AvgIpc) is 2.55. The Labute approximate surface area is 108 Å². The monoisotopic (exact) mass is 244 g/mol. The van der Waals surface area contributed by atoms with Crippen LogP contribution in [0.25, 0.3) is 0 Å². The van der Waals surface area contributed by atoms with Crippen LogP contribution in [-0.4, -0.2) is 17.1 Å². The number of pyridine rings is 1. The molecule has 4 heteroatoms. The SMILES string of the molecule is Cc1ccc(C#N)c(NC2CCCCCC2N)n1.